The predicted molar refractivity (Wildman–Crippen MR) is 109 cm³/mol. The third-order valence-electron chi connectivity index (χ3n) is 4.76. The fourth-order valence-corrected chi connectivity index (χ4v) is 4.26. The largest absolute Gasteiger partial charge is 0.346 e. The number of hydrogen-bond acceptors (Lipinski definition) is 4. The minimum absolute atomic E-state index is 0.0446. The Labute approximate surface area is 167 Å². The lowest BCUT2D eigenvalue weighted by Gasteiger charge is -2.21. The summed E-state index contributed by atoms with van der Waals surface area (Å²) in [7, 11) is 1.89. The minimum Gasteiger partial charge on any atom is -0.346 e. The molecule has 7 heteroatoms. The van der Waals surface area contributed by atoms with Crippen LogP contribution in [0.1, 0.15) is 33.3 Å². The molecule has 2 aromatic carbocycles. The summed E-state index contributed by atoms with van der Waals surface area (Å²) in [6.07, 6.45) is 3.42. The molecule has 2 heterocycles. The first kappa shape index (κ1) is 18.3. The number of rotatable bonds is 4. The second-order valence-corrected chi connectivity index (χ2v) is 7.59. The van der Waals surface area contributed by atoms with Gasteiger partial charge in [-0.15, -0.1) is 0 Å². The molecule has 0 spiro atoms. The highest BCUT2D eigenvalue weighted by molar-refractivity contribution is 7.99. The molecule has 0 fully saturated rings. The van der Waals surface area contributed by atoms with Gasteiger partial charge >= 0.3 is 0 Å². The van der Waals surface area contributed by atoms with Crippen molar-refractivity contribution in [3.8, 4) is 0 Å². The van der Waals surface area contributed by atoms with E-state index in [1.54, 1.807) is 41.3 Å². The zero-order chi connectivity index (χ0) is 19.7. The van der Waals surface area contributed by atoms with Gasteiger partial charge in [0, 0.05) is 35.1 Å². The van der Waals surface area contributed by atoms with E-state index in [9.17, 15) is 9.59 Å². The van der Waals surface area contributed by atoms with Gasteiger partial charge in [0.05, 0.1) is 29.8 Å². The van der Waals surface area contributed by atoms with Gasteiger partial charge in [-0.3, -0.25) is 9.59 Å². The molecule has 2 amide bonds. The fourth-order valence-electron chi connectivity index (χ4n) is 3.20. The molecule has 1 N–H and O–H groups in total. The number of hydrogen-bond donors (Lipinski definition) is 1. The second-order valence-electron chi connectivity index (χ2n) is 6.51. The van der Waals surface area contributed by atoms with Crippen molar-refractivity contribution in [1.29, 1.82) is 0 Å². The third kappa shape index (κ3) is 3.29. The van der Waals surface area contributed by atoms with Gasteiger partial charge in [-0.2, -0.15) is 0 Å². The number of nitrogens with zero attached hydrogens (tertiary/aromatic N) is 3. The number of imidazole rings is 1. The van der Waals surface area contributed by atoms with Crippen molar-refractivity contribution in [2.75, 3.05) is 11.4 Å². The zero-order valence-electron chi connectivity index (χ0n) is 15.7. The SMILES string of the molecule is CCN1C(=O)c2ccccc2Sc2ccc(C(=O)NCc3cncn3C)cc21. The topological polar surface area (TPSA) is 67.2 Å². The van der Waals surface area contributed by atoms with Crippen LogP contribution in [0.2, 0.25) is 0 Å². The van der Waals surface area contributed by atoms with Gasteiger partial charge in [-0.05, 0) is 37.3 Å². The van der Waals surface area contributed by atoms with Crippen molar-refractivity contribution in [1.82, 2.24) is 14.9 Å². The Balaban J connectivity index is 1.64. The van der Waals surface area contributed by atoms with E-state index < -0.39 is 0 Å². The van der Waals surface area contributed by atoms with E-state index in [1.165, 1.54) is 0 Å². The highest BCUT2D eigenvalue weighted by Gasteiger charge is 2.26. The highest BCUT2D eigenvalue weighted by atomic mass is 32.2. The normalized spacial score (nSPS) is 12.9. The van der Waals surface area contributed by atoms with Crippen molar-refractivity contribution in [3.63, 3.8) is 0 Å². The highest BCUT2D eigenvalue weighted by Crippen LogP contribution is 2.41. The average molecular weight is 392 g/mol. The first-order valence-corrected chi connectivity index (χ1v) is 9.86. The Morgan fingerprint density at radius 2 is 2.00 bits per heavy atom. The maximum absolute atomic E-state index is 13.0. The molecule has 1 aliphatic heterocycles. The van der Waals surface area contributed by atoms with Gasteiger partial charge in [0.25, 0.3) is 11.8 Å². The molecular weight excluding hydrogens is 372 g/mol. The summed E-state index contributed by atoms with van der Waals surface area (Å²) < 4.78 is 1.86. The van der Waals surface area contributed by atoms with Crippen LogP contribution < -0.4 is 10.2 Å². The molecule has 0 atom stereocenters. The zero-order valence-corrected chi connectivity index (χ0v) is 16.5. The number of amides is 2. The lowest BCUT2D eigenvalue weighted by Crippen LogP contribution is -2.31. The third-order valence-corrected chi connectivity index (χ3v) is 5.90. The van der Waals surface area contributed by atoms with E-state index in [2.05, 4.69) is 10.3 Å². The van der Waals surface area contributed by atoms with E-state index >= 15 is 0 Å². The van der Waals surface area contributed by atoms with Crippen LogP contribution in [-0.4, -0.2) is 27.9 Å². The summed E-state index contributed by atoms with van der Waals surface area (Å²) in [5.41, 5.74) is 2.90. The van der Waals surface area contributed by atoms with Crippen LogP contribution in [0, 0.1) is 0 Å². The summed E-state index contributed by atoms with van der Waals surface area (Å²) in [6, 6.07) is 13.1. The molecule has 0 saturated carbocycles. The van der Waals surface area contributed by atoms with Crippen LogP contribution in [-0.2, 0) is 13.6 Å². The average Bonchev–Trinajstić information content (AvgIpc) is 3.07. The van der Waals surface area contributed by atoms with Crippen LogP contribution in [0.15, 0.2) is 64.8 Å². The standard InChI is InChI=1S/C21H20N4O2S/c1-3-25-17-10-14(20(26)23-12-15-11-22-13-24(15)2)8-9-19(17)28-18-7-5-4-6-16(18)21(25)27/h4-11,13H,3,12H2,1-2H3,(H,23,26). The first-order valence-electron chi connectivity index (χ1n) is 9.04. The lowest BCUT2D eigenvalue weighted by molar-refractivity contribution is 0.0947. The molecule has 0 aliphatic carbocycles. The minimum atomic E-state index is -0.181. The van der Waals surface area contributed by atoms with E-state index in [0.29, 0.717) is 24.2 Å². The Hall–Kier alpha value is -3.06. The molecule has 1 aromatic heterocycles. The van der Waals surface area contributed by atoms with Crippen LogP contribution in [0.5, 0.6) is 0 Å². The number of carbonyl (C=O) groups is 2. The number of carbonyl (C=O) groups excluding carboxylic acids is 2. The summed E-state index contributed by atoms with van der Waals surface area (Å²) in [4.78, 5) is 33.4. The van der Waals surface area contributed by atoms with Gasteiger partial charge in [-0.25, -0.2) is 4.98 Å². The maximum atomic E-state index is 13.0. The first-order chi connectivity index (χ1) is 13.6. The van der Waals surface area contributed by atoms with E-state index in [4.69, 9.17) is 0 Å². The monoisotopic (exact) mass is 392 g/mol. The van der Waals surface area contributed by atoms with Crippen molar-refractivity contribution < 1.29 is 9.59 Å². The molecule has 6 nitrogen and oxygen atoms in total. The Morgan fingerprint density at radius 1 is 1.18 bits per heavy atom. The van der Waals surface area contributed by atoms with Gasteiger partial charge in [0.15, 0.2) is 0 Å². The Morgan fingerprint density at radius 3 is 2.75 bits per heavy atom. The molecule has 0 unspecified atom stereocenters. The van der Waals surface area contributed by atoms with Gasteiger partial charge in [0.2, 0.25) is 0 Å². The number of nitrogens with one attached hydrogen (secondary N) is 1. The molecule has 142 valence electrons. The number of anilines is 1. The molecule has 1 aliphatic rings. The summed E-state index contributed by atoms with van der Waals surface area (Å²) in [5, 5.41) is 2.92. The van der Waals surface area contributed by atoms with Crippen LogP contribution in [0.25, 0.3) is 0 Å². The Kier molecular flexibility index (Phi) is 4.92. The van der Waals surface area contributed by atoms with Crippen molar-refractivity contribution in [2.24, 2.45) is 7.05 Å². The quantitative estimate of drug-likeness (QED) is 0.738. The van der Waals surface area contributed by atoms with Crippen LogP contribution in [0.3, 0.4) is 0 Å². The van der Waals surface area contributed by atoms with Crippen molar-refractivity contribution in [2.45, 2.75) is 23.3 Å². The van der Waals surface area contributed by atoms with Crippen LogP contribution in [0.4, 0.5) is 5.69 Å². The maximum Gasteiger partial charge on any atom is 0.259 e. The van der Waals surface area contributed by atoms with Gasteiger partial charge in [0.1, 0.15) is 0 Å². The number of fused-ring (bicyclic) bond motifs is 2. The predicted octanol–water partition coefficient (Wildman–Crippen LogP) is 3.48. The van der Waals surface area contributed by atoms with Crippen molar-refractivity contribution in [3.05, 3.63) is 71.8 Å². The second kappa shape index (κ2) is 7.52. The molecule has 4 rings (SSSR count). The molecule has 28 heavy (non-hydrogen) atoms. The van der Waals surface area contributed by atoms with Gasteiger partial charge < -0.3 is 14.8 Å². The summed E-state index contributed by atoms with van der Waals surface area (Å²) in [6.45, 7) is 2.86. The van der Waals surface area contributed by atoms with E-state index in [0.717, 1.165) is 21.2 Å². The number of aryl methyl sites for hydroxylation is 1. The Bertz CT molecular complexity index is 1060. The number of benzene rings is 2. The van der Waals surface area contributed by atoms with Gasteiger partial charge in [-0.1, -0.05) is 23.9 Å². The van der Waals surface area contributed by atoms with E-state index in [1.807, 2.05) is 48.9 Å². The fraction of sp³-hybridized carbons (Fsp3) is 0.190. The number of aromatic nitrogens is 2. The lowest BCUT2D eigenvalue weighted by atomic mass is 10.1. The molecule has 0 saturated heterocycles. The van der Waals surface area contributed by atoms with E-state index in [-0.39, 0.29) is 11.8 Å². The molecule has 0 bridgehead atoms. The smallest absolute Gasteiger partial charge is 0.259 e. The van der Waals surface area contributed by atoms with Crippen LogP contribution >= 0.6 is 11.8 Å². The summed E-state index contributed by atoms with van der Waals surface area (Å²) >= 11 is 1.55. The summed E-state index contributed by atoms with van der Waals surface area (Å²) in [5.74, 6) is -0.226. The molecular formula is C21H20N4O2S. The van der Waals surface area contributed by atoms with Crippen molar-refractivity contribution >= 4 is 29.3 Å². The molecule has 0 radical (unpaired) electrons. The molecule has 3 aromatic rings.